The predicted octanol–water partition coefficient (Wildman–Crippen LogP) is 2.69. The van der Waals surface area contributed by atoms with Crippen LogP contribution in [-0.4, -0.2) is 41.3 Å². The second-order valence-electron chi connectivity index (χ2n) is 6.34. The lowest BCUT2D eigenvalue weighted by Gasteiger charge is -2.35. The highest BCUT2D eigenvalue weighted by molar-refractivity contribution is 5.49. The number of H-pyrrole nitrogens is 1. The number of likely N-dealkylation sites (tertiary alicyclic amines) is 1. The summed E-state index contributed by atoms with van der Waals surface area (Å²) in [7, 11) is 0. The zero-order valence-corrected chi connectivity index (χ0v) is 14.3. The van der Waals surface area contributed by atoms with Gasteiger partial charge in [0.25, 0.3) is 0 Å². The maximum absolute atomic E-state index is 4.73. The Balaban J connectivity index is 1.64. The summed E-state index contributed by atoms with van der Waals surface area (Å²) in [5.41, 5.74) is 2.89. The smallest absolute Gasteiger partial charge is 0.156 e. The van der Waals surface area contributed by atoms with Gasteiger partial charge in [0.05, 0.1) is 17.4 Å². The van der Waals surface area contributed by atoms with E-state index >= 15 is 0 Å². The van der Waals surface area contributed by atoms with E-state index in [9.17, 15) is 0 Å². The number of piperidine rings is 1. The first-order valence-electron chi connectivity index (χ1n) is 8.64. The third kappa shape index (κ3) is 3.56. The van der Waals surface area contributed by atoms with Crippen LogP contribution in [0, 0.1) is 6.92 Å². The summed E-state index contributed by atoms with van der Waals surface area (Å²) in [4.78, 5) is 27.8. The molecular weight excluding hydrogens is 314 g/mol. The summed E-state index contributed by atoms with van der Waals surface area (Å²) in [6.07, 6.45) is 12.4. The van der Waals surface area contributed by atoms with Gasteiger partial charge in [-0.1, -0.05) is 6.42 Å². The fourth-order valence-electron chi connectivity index (χ4n) is 3.42. The number of aromatic amines is 1. The highest BCUT2D eigenvalue weighted by Gasteiger charge is 2.26. The third-order valence-electron chi connectivity index (χ3n) is 4.54. The van der Waals surface area contributed by atoms with E-state index in [1.807, 2.05) is 19.3 Å². The van der Waals surface area contributed by atoms with Crippen LogP contribution < -0.4 is 0 Å². The molecule has 0 radical (unpaired) electrons. The minimum atomic E-state index is 0.270. The quantitative estimate of drug-likeness (QED) is 0.789. The number of nitrogens with zero attached hydrogens (tertiary/aromatic N) is 6. The van der Waals surface area contributed by atoms with Gasteiger partial charge >= 0.3 is 0 Å². The number of aromatic nitrogens is 6. The molecule has 0 saturated carbocycles. The van der Waals surface area contributed by atoms with Crippen molar-refractivity contribution in [3.63, 3.8) is 0 Å². The minimum Gasteiger partial charge on any atom is -0.343 e. The van der Waals surface area contributed by atoms with Gasteiger partial charge in [0.15, 0.2) is 5.82 Å². The highest BCUT2D eigenvalue weighted by Crippen LogP contribution is 2.32. The van der Waals surface area contributed by atoms with Crippen molar-refractivity contribution in [2.24, 2.45) is 0 Å². The van der Waals surface area contributed by atoms with Crippen molar-refractivity contribution in [3.05, 3.63) is 54.3 Å². The Labute approximate surface area is 146 Å². The zero-order chi connectivity index (χ0) is 17.1. The molecule has 7 heteroatoms. The lowest BCUT2D eigenvalue weighted by molar-refractivity contribution is 0.135. The molecule has 25 heavy (non-hydrogen) atoms. The molecule has 0 amide bonds. The predicted molar refractivity (Wildman–Crippen MR) is 93.4 cm³/mol. The largest absolute Gasteiger partial charge is 0.343 e. The first kappa shape index (κ1) is 15.8. The van der Waals surface area contributed by atoms with Crippen molar-refractivity contribution in [2.75, 3.05) is 6.54 Å². The fourth-order valence-corrected chi connectivity index (χ4v) is 3.42. The normalized spacial score (nSPS) is 18.4. The van der Waals surface area contributed by atoms with Crippen LogP contribution in [0.2, 0.25) is 0 Å². The van der Waals surface area contributed by atoms with Crippen molar-refractivity contribution in [1.29, 1.82) is 0 Å². The number of hydrogen-bond acceptors (Lipinski definition) is 6. The molecule has 0 spiro atoms. The van der Waals surface area contributed by atoms with Gasteiger partial charge in [-0.2, -0.15) is 0 Å². The fraction of sp³-hybridized carbons (Fsp3) is 0.389. The molecule has 0 bridgehead atoms. The monoisotopic (exact) mass is 335 g/mol. The molecule has 1 unspecified atom stereocenters. The van der Waals surface area contributed by atoms with E-state index in [0.717, 1.165) is 48.2 Å². The Morgan fingerprint density at radius 3 is 2.92 bits per heavy atom. The molecule has 3 aromatic heterocycles. The molecule has 1 N–H and O–H groups in total. The second-order valence-corrected chi connectivity index (χ2v) is 6.34. The van der Waals surface area contributed by atoms with E-state index < -0.39 is 0 Å². The maximum Gasteiger partial charge on any atom is 0.156 e. The standard InChI is InChI=1S/C18H21N7/c1-13-23-15(10-16(24-13)18-21-7-8-22-18)17-4-2-3-9-25(17)12-14-11-19-5-6-20-14/h5-8,10-11,17H,2-4,9,12H2,1H3,(H,21,22). The molecule has 4 heterocycles. The Morgan fingerprint density at radius 1 is 1.16 bits per heavy atom. The SMILES string of the molecule is Cc1nc(-c2ncc[nH]2)cc(C2CCCCN2Cc2cnccn2)n1. The first-order chi connectivity index (χ1) is 12.3. The third-order valence-corrected chi connectivity index (χ3v) is 4.54. The van der Waals surface area contributed by atoms with Crippen molar-refractivity contribution in [2.45, 2.75) is 38.8 Å². The van der Waals surface area contributed by atoms with E-state index in [4.69, 9.17) is 4.98 Å². The van der Waals surface area contributed by atoms with E-state index in [1.165, 1.54) is 12.8 Å². The number of nitrogens with one attached hydrogen (secondary N) is 1. The molecule has 128 valence electrons. The second kappa shape index (κ2) is 7.06. The molecule has 1 fully saturated rings. The minimum absolute atomic E-state index is 0.270. The van der Waals surface area contributed by atoms with E-state index in [0.29, 0.717) is 0 Å². The van der Waals surface area contributed by atoms with Gasteiger partial charge in [0.2, 0.25) is 0 Å². The van der Waals surface area contributed by atoms with Crippen molar-refractivity contribution >= 4 is 0 Å². The molecule has 3 aromatic rings. The van der Waals surface area contributed by atoms with Gasteiger partial charge in [-0.3, -0.25) is 14.9 Å². The number of aryl methyl sites for hydroxylation is 1. The van der Waals surface area contributed by atoms with Crippen LogP contribution in [-0.2, 0) is 6.54 Å². The Kier molecular flexibility index (Phi) is 4.47. The van der Waals surface area contributed by atoms with Gasteiger partial charge in [-0.05, 0) is 32.4 Å². The summed E-state index contributed by atoms with van der Waals surface area (Å²) in [5, 5.41) is 0. The average molecular weight is 335 g/mol. The van der Waals surface area contributed by atoms with Gasteiger partial charge in [-0.25, -0.2) is 15.0 Å². The van der Waals surface area contributed by atoms with Crippen LogP contribution in [0.3, 0.4) is 0 Å². The topological polar surface area (TPSA) is 83.5 Å². The van der Waals surface area contributed by atoms with Gasteiger partial charge < -0.3 is 4.98 Å². The molecule has 1 atom stereocenters. The van der Waals surface area contributed by atoms with E-state index in [1.54, 1.807) is 18.6 Å². The Morgan fingerprint density at radius 2 is 2.12 bits per heavy atom. The number of rotatable bonds is 4. The molecule has 1 aliphatic heterocycles. The summed E-state index contributed by atoms with van der Waals surface area (Å²) in [6, 6.07) is 2.33. The van der Waals surface area contributed by atoms with Gasteiger partial charge in [0.1, 0.15) is 11.5 Å². The summed E-state index contributed by atoms with van der Waals surface area (Å²) < 4.78 is 0. The van der Waals surface area contributed by atoms with Gasteiger partial charge in [0, 0.05) is 37.5 Å². The molecular formula is C18H21N7. The Hall–Kier alpha value is -2.67. The molecule has 7 nitrogen and oxygen atoms in total. The van der Waals surface area contributed by atoms with Gasteiger partial charge in [-0.15, -0.1) is 0 Å². The maximum atomic E-state index is 4.73. The Bertz CT molecular complexity index is 817. The van der Waals surface area contributed by atoms with Crippen molar-refractivity contribution < 1.29 is 0 Å². The molecule has 1 aliphatic rings. The molecule has 1 saturated heterocycles. The van der Waals surface area contributed by atoms with Crippen LogP contribution in [0.4, 0.5) is 0 Å². The summed E-state index contributed by atoms with van der Waals surface area (Å²) in [6.45, 7) is 3.77. The average Bonchev–Trinajstić information content (AvgIpc) is 3.17. The van der Waals surface area contributed by atoms with Crippen LogP contribution in [0.25, 0.3) is 11.5 Å². The summed E-state index contributed by atoms with van der Waals surface area (Å²) in [5.74, 6) is 1.55. The number of imidazole rings is 1. The van der Waals surface area contributed by atoms with Crippen LogP contribution in [0.15, 0.2) is 37.1 Å². The van der Waals surface area contributed by atoms with E-state index in [2.05, 4.69) is 35.9 Å². The lowest BCUT2D eigenvalue weighted by Crippen LogP contribution is -2.34. The highest BCUT2D eigenvalue weighted by atomic mass is 15.2. The molecule has 0 aliphatic carbocycles. The van der Waals surface area contributed by atoms with E-state index in [-0.39, 0.29) is 6.04 Å². The van der Waals surface area contributed by atoms with Crippen LogP contribution in [0.5, 0.6) is 0 Å². The molecule has 4 rings (SSSR count). The lowest BCUT2D eigenvalue weighted by atomic mass is 9.98. The van der Waals surface area contributed by atoms with Crippen molar-refractivity contribution in [1.82, 2.24) is 34.8 Å². The van der Waals surface area contributed by atoms with Crippen LogP contribution in [0.1, 0.15) is 42.5 Å². The van der Waals surface area contributed by atoms with Crippen molar-refractivity contribution in [3.8, 4) is 11.5 Å². The summed E-state index contributed by atoms with van der Waals surface area (Å²) >= 11 is 0. The van der Waals surface area contributed by atoms with Crippen LogP contribution >= 0.6 is 0 Å². The zero-order valence-electron chi connectivity index (χ0n) is 14.3. The first-order valence-corrected chi connectivity index (χ1v) is 8.64. The molecule has 0 aromatic carbocycles. The number of hydrogen-bond donors (Lipinski definition) is 1.